The number of nitrogens with zero attached hydrogens (tertiary/aromatic N) is 1. The van der Waals surface area contributed by atoms with Crippen LogP contribution in [0.25, 0.3) is 0 Å². The Kier molecular flexibility index (Phi) is 7.08. The minimum Gasteiger partial charge on any atom is -0.452 e. The van der Waals surface area contributed by atoms with Crippen LogP contribution >= 0.6 is 11.6 Å². The first-order chi connectivity index (χ1) is 13.1. The summed E-state index contributed by atoms with van der Waals surface area (Å²) >= 11 is 5.91. The summed E-state index contributed by atoms with van der Waals surface area (Å²) in [6.45, 7) is -0.655. The van der Waals surface area contributed by atoms with Crippen LogP contribution in [0, 0.1) is 5.82 Å². The van der Waals surface area contributed by atoms with Crippen molar-refractivity contribution in [3.8, 4) is 0 Å². The van der Waals surface area contributed by atoms with Crippen LogP contribution in [0.15, 0.2) is 47.4 Å². The maximum atomic E-state index is 13.1. The Morgan fingerprint density at radius 3 is 2.57 bits per heavy atom. The topological polar surface area (TPSA) is 102 Å². The van der Waals surface area contributed by atoms with Crippen molar-refractivity contribution in [2.75, 3.05) is 26.1 Å². The van der Waals surface area contributed by atoms with Gasteiger partial charge >= 0.3 is 5.97 Å². The highest BCUT2D eigenvalue weighted by Gasteiger charge is 2.25. The number of halogens is 2. The Balaban J connectivity index is 2.08. The molecular weight excluding hydrogens is 415 g/mol. The van der Waals surface area contributed by atoms with E-state index >= 15 is 0 Å². The Morgan fingerprint density at radius 2 is 1.93 bits per heavy atom. The lowest BCUT2D eigenvalue weighted by Gasteiger charge is -2.15. The van der Waals surface area contributed by atoms with Crippen molar-refractivity contribution in [1.29, 1.82) is 0 Å². The second-order valence-corrected chi connectivity index (χ2v) is 7.69. The maximum Gasteiger partial charge on any atom is 0.338 e. The number of hydrogen-bond acceptors (Lipinski definition) is 6. The standard InChI is InChI=1S/C17H16ClFN2O6S/c1-21(26-2)28(24,25)15-8-11(6-7-14(15)18)17(23)27-10-16(22)20-13-5-3-4-12(19)9-13/h3-9H,10H2,1-2H3,(H,20,22). The van der Waals surface area contributed by atoms with Gasteiger partial charge in [-0.05, 0) is 36.4 Å². The molecule has 8 nitrogen and oxygen atoms in total. The van der Waals surface area contributed by atoms with Crippen LogP contribution < -0.4 is 5.32 Å². The van der Waals surface area contributed by atoms with Gasteiger partial charge in [-0.25, -0.2) is 17.6 Å². The smallest absolute Gasteiger partial charge is 0.338 e. The number of benzene rings is 2. The summed E-state index contributed by atoms with van der Waals surface area (Å²) in [6.07, 6.45) is 0. The van der Waals surface area contributed by atoms with Crippen molar-refractivity contribution in [2.24, 2.45) is 0 Å². The van der Waals surface area contributed by atoms with Gasteiger partial charge in [-0.15, -0.1) is 0 Å². The van der Waals surface area contributed by atoms with E-state index in [9.17, 15) is 22.4 Å². The molecule has 2 aromatic carbocycles. The van der Waals surface area contributed by atoms with Crippen LogP contribution in [0.5, 0.6) is 0 Å². The molecule has 1 amide bonds. The number of carbonyl (C=O) groups excluding carboxylic acids is 2. The molecule has 0 fully saturated rings. The summed E-state index contributed by atoms with van der Waals surface area (Å²) in [5, 5.41) is 2.24. The monoisotopic (exact) mass is 430 g/mol. The van der Waals surface area contributed by atoms with Gasteiger partial charge in [0.05, 0.1) is 17.7 Å². The van der Waals surface area contributed by atoms with Gasteiger partial charge in [0.1, 0.15) is 10.7 Å². The molecular formula is C17H16ClFN2O6S. The third-order valence-corrected chi connectivity index (χ3v) is 5.64. The van der Waals surface area contributed by atoms with E-state index in [4.69, 9.17) is 16.3 Å². The van der Waals surface area contributed by atoms with Gasteiger partial charge in [0.15, 0.2) is 6.61 Å². The minimum absolute atomic E-state index is 0.121. The van der Waals surface area contributed by atoms with Crippen molar-refractivity contribution >= 4 is 39.2 Å². The lowest BCUT2D eigenvalue weighted by Crippen LogP contribution is -2.26. The maximum absolute atomic E-state index is 13.1. The largest absolute Gasteiger partial charge is 0.452 e. The van der Waals surface area contributed by atoms with Crippen molar-refractivity contribution in [3.05, 3.63) is 58.9 Å². The Hall–Kier alpha value is -2.53. The molecule has 28 heavy (non-hydrogen) atoms. The molecule has 150 valence electrons. The predicted molar refractivity (Wildman–Crippen MR) is 98.7 cm³/mol. The van der Waals surface area contributed by atoms with Gasteiger partial charge in [-0.2, -0.15) is 0 Å². The van der Waals surface area contributed by atoms with E-state index in [1.54, 1.807) is 0 Å². The highest BCUT2D eigenvalue weighted by atomic mass is 35.5. The van der Waals surface area contributed by atoms with Gasteiger partial charge in [-0.1, -0.05) is 22.1 Å². The fourth-order valence-corrected chi connectivity index (χ4v) is 3.52. The molecule has 0 radical (unpaired) electrons. The Bertz CT molecular complexity index is 999. The number of hydrogen-bond donors (Lipinski definition) is 1. The molecule has 0 saturated carbocycles. The van der Waals surface area contributed by atoms with E-state index < -0.39 is 34.3 Å². The van der Waals surface area contributed by atoms with Gasteiger partial charge in [-0.3, -0.25) is 9.63 Å². The lowest BCUT2D eigenvalue weighted by molar-refractivity contribution is -0.119. The number of hydroxylamine groups is 1. The molecule has 11 heteroatoms. The summed E-state index contributed by atoms with van der Waals surface area (Å²) in [5.74, 6) is -2.17. The molecule has 1 N–H and O–H groups in total. The summed E-state index contributed by atoms with van der Waals surface area (Å²) in [6, 6.07) is 8.66. The van der Waals surface area contributed by atoms with Gasteiger partial charge in [0.2, 0.25) is 0 Å². The number of anilines is 1. The number of nitrogens with one attached hydrogen (secondary N) is 1. The molecule has 2 aromatic rings. The second-order valence-electron chi connectivity index (χ2n) is 5.38. The first-order valence-corrected chi connectivity index (χ1v) is 9.52. The van der Waals surface area contributed by atoms with Gasteiger partial charge in [0, 0.05) is 12.7 Å². The second kappa shape index (κ2) is 9.11. The zero-order valence-electron chi connectivity index (χ0n) is 14.8. The minimum atomic E-state index is -4.10. The molecule has 0 aliphatic rings. The zero-order valence-corrected chi connectivity index (χ0v) is 16.4. The quantitative estimate of drug-likeness (QED) is 0.534. The van der Waals surface area contributed by atoms with Crippen LogP contribution in [0.3, 0.4) is 0 Å². The molecule has 0 heterocycles. The molecule has 0 aliphatic heterocycles. The number of carbonyl (C=O) groups is 2. The Labute approximate surface area is 165 Å². The number of esters is 1. The fourth-order valence-electron chi connectivity index (χ4n) is 2.04. The molecule has 0 atom stereocenters. The van der Waals surface area contributed by atoms with E-state index in [-0.39, 0.29) is 21.2 Å². The molecule has 0 aromatic heterocycles. The summed E-state index contributed by atoms with van der Waals surface area (Å²) in [4.78, 5) is 28.3. The van der Waals surface area contributed by atoms with E-state index in [1.807, 2.05) is 0 Å². The fraction of sp³-hybridized carbons (Fsp3) is 0.176. The zero-order chi connectivity index (χ0) is 20.9. The van der Waals surface area contributed by atoms with E-state index in [0.29, 0.717) is 4.47 Å². The van der Waals surface area contributed by atoms with E-state index in [2.05, 4.69) is 10.2 Å². The summed E-state index contributed by atoms with van der Waals surface area (Å²) in [5.41, 5.74) is 0.0644. The molecule has 0 spiro atoms. The van der Waals surface area contributed by atoms with E-state index in [1.165, 1.54) is 30.3 Å². The molecule has 0 aliphatic carbocycles. The summed E-state index contributed by atoms with van der Waals surface area (Å²) in [7, 11) is -1.78. The van der Waals surface area contributed by atoms with Crippen molar-refractivity contribution in [1.82, 2.24) is 4.47 Å². The normalized spacial score (nSPS) is 11.3. The van der Waals surface area contributed by atoms with Crippen LogP contribution in [-0.4, -0.2) is 45.5 Å². The first kappa shape index (κ1) is 21.8. The van der Waals surface area contributed by atoms with Crippen molar-refractivity contribution < 1.29 is 32.0 Å². The summed E-state index contributed by atoms with van der Waals surface area (Å²) < 4.78 is 43.2. The number of amides is 1. The van der Waals surface area contributed by atoms with Crippen molar-refractivity contribution in [3.63, 3.8) is 0 Å². The number of sulfonamides is 1. The van der Waals surface area contributed by atoms with Crippen LogP contribution in [-0.2, 0) is 24.4 Å². The Morgan fingerprint density at radius 1 is 1.21 bits per heavy atom. The van der Waals surface area contributed by atoms with Gasteiger partial charge in [0.25, 0.3) is 15.9 Å². The molecule has 0 unspecified atom stereocenters. The van der Waals surface area contributed by atoms with Crippen molar-refractivity contribution in [2.45, 2.75) is 4.90 Å². The van der Waals surface area contributed by atoms with E-state index in [0.717, 1.165) is 26.3 Å². The average Bonchev–Trinajstić information content (AvgIpc) is 2.65. The van der Waals surface area contributed by atoms with Crippen LogP contribution in [0.2, 0.25) is 5.02 Å². The lowest BCUT2D eigenvalue weighted by atomic mass is 10.2. The first-order valence-electron chi connectivity index (χ1n) is 7.70. The predicted octanol–water partition coefficient (Wildman–Crippen LogP) is 2.46. The third kappa shape index (κ3) is 5.26. The number of rotatable bonds is 7. The third-order valence-electron chi connectivity index (χ3n) is 3.48. The van der Waals surface area contributed by atoms with Gasteiger partial charge < -0.3 is 10.1 Å². The SMILES string of the molecule is CON(C)S(=O)(=O)c1cc(C(=O)OCC(=O)Nc2cccc(F)c2)ccc1Cl. The van der Waals surface area contributed by atoms with Crippen LogP contribution in [0.1, 0.15) is 10.4 Å². The highest BCUT2D eigenvalue weighted by Crippen LogP contribution is 2.25. The molecule has 0 saturated heterocycles. The highest BCUT2D eigenvalue weighted by molar-refractivity contribution is 7.89. The molecule has 2 rings (SSSR count). The van der Waals surface area contributed by atoms with Crippen LogP contribution in [0.4, 0.5) is 10.1 Å². The average molecular weight is 431 g/mol. The number of ether oxygens (including phenoxy) is 1. The molecule has 0 bridgehead atoms.